The molecule has 4 nitrogen and oxygen atoms in total. The Kier molecular flexibility index (Phi) is 3.35. The Morgan fingerprint density at radius 3 is 2.79 bits per heavy atom. The summed E-state index contributed by atoms with van der Waals surface area (Å²) in [5, 5.41) is 0. The van der Waals surface area contributed by atoms with E-state index in [2.05, 4.69) is 4.74 Å². The molecule has 0 fully saturated rings. The molecule has 0 aliphatic rings. The number of nitrogen functional groups attached to an aromatic ring is 1. The number of nitrogens with one attached hydrogen (secondary N) is 1. The lowest BCUT2D eigenvalue weighted by molar-refractivity contribution is -0.0498. The predicted molar refractivity (Wildman–Crippen MR) is 44.7 cm³/mol. The summed E-state index contributed by atoms with van der Waals surface area (Å²) in [7, 11) is 0. The summed E-state index contributed by atoms with van der Waals surface area (Å²) in [4.78, 5) is 11.0. The molecule has 1 amide bonds. The van der Waals surface area contributed by atoms with Gasteiger partial charge in [0, 0.05) is 5.56 Å². The molecule has 0 spiro atoms. The molecule has 0 radical (unpaired) electrons. The van der Waals surface area contributed by atoms with Crippen molar-refractivity contribution < 1.29 is 18.3 Å². The molecular formula is C8H8F2N2O2. The molecule has 0 saturated heterocycles. The van der Waals surface area contributed by atoms with E-state index in [0.29, 0.717) is 0 Å². The number of hydrogen-bond acceptors (Lipinski definition) is 3. The molecule has 1 rings (SSSR count). The van der Waals surface area contributed by atoms with Gasteiger partial charge in [-0.3, -0.25) is 10.2 Å². The van der Waals surface area contributed by atoms with Crippen LogP contribution in [0.4, 0.5) is 8.78 Å². The highest BCUT2D eigenvalue weighted by Crippen LogP contribution is 2.15. The Hall–Kier alpha value is -1.69. The number of rotatable bonds is 3. The molecule has 0 unspecified atom stereocenters. The van der Waals surface area contributed by atoms with E-state index in [1.54, 1.807) is 0 Å². The van der Waals surface area contributed by atoms with E-state index >= 15 is 0 Å². The van der Waals surface area contributed by atoms with Crippen molar-refractivity contribution in [3.05, 3.63) is 29.8 Å². The molecule has 14 heavy (non-hydrogen) atoms. The van der Waals surface area contributed by atoms with Crippen molar-refractivity contribution in [2.75, 3.05) is 0 Å². The number of amides is 1. The number of carbonyl (C=O) groups excluding carboxylic acids is 1. The number of alkyl halides is 2. The lowest BCUT2D eigenvalue weighted by atomic mass is 10.2. The first-order valence-electron chi connectivity index (χ1n) is 3.69. The summed E-state index contributed by atoms with van der Waals surface area (Å²) >= 11 is 0. The number of carbonyl (C=O) groups is 1. The molecule has 1 aromatic carbocycles. The Labute approximate surface area is 78.6 Å². The summed E-state index contributed by atoms with van der Waals surface area (Å²) < 4.78 is 27.7. The maximum absolute atomic E-state index is 11.8. The molecular weight excluding hydrogens is 194 g/mol. The lowest BCUT2D eigenvalue weighted by Crippen LogP contribution is -2.29. The normalized spacial score (nSPS) is 10.0. The molecule has 0 aromatic heterocycles. The van der Waals surface area contributed by atoms with Gasteiger partial charge in [-0.05, 0) is 18.2 Å². The first kappa shape index (κ1) is 10.4. The summed E-state index contributed by atoms with van der Waals surface area (Å²) in [5.41, 5.74) is 2.04. The van der Waals surface area contributed by atoms with Gasteiger partial charge in [0.2, 0.25) is 0 Å². The topological polar surface area (TPSA) is 64.3 Å². The fourth-order valence-electron chi connectivity index (χ4n) is 0.897. The van der Waals surface area contributed by atoms with E-state index in [0.717, 1.165) is 0 Å². The zero-order valence-corrected chi connectivity index (χ0v) is 7.04. The van der Waals surface area contributed by atoms with Gasteiger partial charge in [0.15, 0.2) is 0 Å². The van der Waals surface area contributed by atoms with Crippen molar-refractivity contribution in [1.29, 1.82) is 0 Å². The fourth-order valence-corrected chi connectivity index (χ4v) is 0.897. The van der Waals surface area contributed by atoms with Gasteiger partial charge < -0.3 is 4.74 Å². The SMILES string of the molecule is NNC(=O)c1cccc(OC(F)F)c1. The zero-order chi connectivity index (χ0) is 10.6. The summed E-state index contributed by atoms with van der Waals surface area (Å²) in [6.45, 7) is -2.91. The van der Waals surface area contributed by atoms with E-state index < -0.39 is 12.5 Å². The van der Waals surface area contributed by atoms with Gasteiger partial charge in [-0.2, -0.15) is 8.78 Å². The van der Waals surface area contributed by atoms with Gasteiger partial charge in [0.25, 0.3) is 5.91 Å². The van der Waals surface area contributed by atoms with Gasteiger partial charge in [-0.1, -0.05) is 6.07 Å². The van der Waals surface area contributed by atoms with Crippen LogP contribution in [0.5, 0.6) is 5.75 Å². The highest BCUT2D eigenvalue weighted by Gasteiger charge is 2.07. The van der Waals surface area contributed by atoms with Crippen LogP contribution in [0.2, 0.25) is 0 Å². The third-order valence-corrected chi connectivity index (χ3v) is 1.45. The average molecular weight is 202 g/mol. The van der Waals surface area contributed by atoms with Crippen LogP contribution in [0.1, 0.15) is 10.4 Å². The summed E-state index contributed by atoms with van der Waals surface area (Å²) in [6, 6.07) is 5.34. The molecule has 0 heterocycles. The highest BCUT2D eigenvalue weighted by atomic mass is 19.3. The quantitative estimate of drug-likeness (QED) is 0.434. The van der Waals surface area contributed by atoms with Crippen LogP contribution in [0.15, 0.2) is 24.3 Å². The zero-order valence-electron chi connectivity index (χ0n) is 7.04. The number of nitrogens with two attached hydrogens (primary N) is 1. The largest absolute Gasteiger partial charge is 0.435 e. The minimum absolute atomic E-state index is 0.0823. The smallest absolute Gasteiger partial charge is 0.387 e. The molecule has 6 heteroatoms. The molecule has 0 aliphatic heterocycles. The minimum atomic E-state index is -2.91. The average Bonchev–Trinajstić information content (AvgIpc) is 2.16. The number of ether oxygens (including phenoxy) is 1. The van der Waals surface area contributed by atoms with Gasteiger partial charge in [-0.25, -0.2) is 5.84 Å². The van der Waals surface area contributed by atoms with Crippen LogP contribution < -0.4 is 16.0 Å². The molecule has 0 bridgehead atoms. The first-order valence-corrected chi connectivity index (χ1v) is 3.69. The minimum Gasteiger partial charge on any atom is -0.435 e. The second kappa shape index (κ2) is 4.52. The molecule has 76 valence electrons. The standard InChI is InChI=1S/C8H8F2N2O2/c9-8(10)14-6-3-1-2-5(4-6)7(13)12-11/h1-4,8H,11H2,(H,12,13). The van der Waals surface area contributed by atoms with E-state index in [4.69, 9.17) is 5.84 Å². The molecule has 0 saturated carbocycles. The van der Waals surface area contributed by atoms with Gasteiger partial charge >= 0.3 is 6.61 Å². The molecule has 0 aliphatic carbocycles. The van der Waals surface area contributed by atoms with Gasteiger partial charge in [0.1, 0.15) is 5.75 Å². The van der Waals surface area contributed by atoms with E-state index in [-0.39, 0.29) is 11.3 Å². The van der Waals surface area contributed by atoms with Crippen molar-refractivity contribution in [3.8, 4) is 5.75 Å². The van der Waals surface area contributed by atoms with Crippen LogP contribution in [-0.2, 0) is 0 Å². The predicted octanol–water partition coefficient (Wildman–Crippen LogP) is 0.891. The van der Waals surface area contributed by atoms with Crippen molar-refractivity contribution in [3.63, 3.8) is 0 Å². The second-order valence-electron chi connectivity index (χ2n) is 2.38. The highest BCUT2D eigenvalue weighted by molar-refractivity contribution is 5.94. The van der Waals surface area contributed by atoms with E-state index in [9.17, 15) is 13.6 Å². The maximum Gasteiger partial charge on any atom is 0.387 e. The van der Waals surface area contributed by atoms with E-state index in [1.807, 2.05) is 5.43 Å². The summed E-state index contributed by atoms with van der Waals surface area (Å²) in [5.74, 6) is 4.22. The van der Waals surface area contributed by atoms with Gasteiger partial charge in [0.05, 0.1) is 0 Å². The Balaban J connectivity index is 2.84. The number of hydrogen-bond donors (Lipinski definition) is 2. The fraction of sp³-hybridized carbons (Fsp3) is 0.125. The second-order valence-corrected chi connectivity index (χ2v) is 2.38. The van der Waals surface area contributed by atoms with Gasteiger partial charge in [-0.15, -0.1) is 0 Å². The third-order valence-electron chi connectivity index (χ3n) is 1.45. The Morgan fingerprint density at radius 2 is 2.21 bits per heavy atom. The van der Waals surface area contributed by atoms with Crippen LogP contribution >= 0.6 is 0 Å². The molecule has 3 N–H and O–H groups in total. The number of halogens is 2. The Bertz CT molecular complexity index is 331. The molecule has 0 atom stereocenters. The van der Waals surface area contributed by atoms with Crippen molar-refractivity contribution in [1.82, 2.24) is 5.43 Å². The van der Waals surface area contributed by atoms with E-state index in [1.165, 1.54) is 24.3 Å². The van der Waals surface area contributed by atoms with Crippen molar-refractivity contribution in [2.24, 2.45) is 5.84 Å². The third kappa shape index (κ3) is 2.67. The van der Waals surface area contributed by atoms with Crippen LogP contribution in [0, 0.1) is 0 Å². The lowest BCUT2D eigenvalue weighted by Gasteiger charge is -2.05. The first-order chi connectivity index (χ1) is 6.63. The number of benzene rings is 1. The number of hydrazine groups is 1. The van der Waals surface area contributed by atoms with Crippen molar-refractivity contribution >= 4 is 5.91 Å². The monoisotopic (exact) mass is 202 g/mol. The summed E-state index contributed by atoms with van der Waals surface area (Å²) in [6.07, 6.45) is 0. The van der Waals surface area contributed by atoms with Crippen LogP contribution in [-0.4, -0.2) is 12.5 Å². The molecule has 1 aromatic rings. The maximum atomic E-state index is 11.8. The van der Waals surface area contributed by atoms with Crippen LogP contribution in [0.25, 0.3) is 0 Å². The van der Waals surface area contributed by atoms with Crippen molar-refractivity contribution in [2.45, 2.75) is 6.61 Å². The van der Waals surface area contributed by atoms with Crippen LogP contribution in [0.3, 0.4) is 0 Å². The Morgan fingerprint density at radius 1 is 1.50 bits per heavy atom.